The summed E-state index contributed by atoms with van der Waals surface area (Å²) in [5.74, 6) is -1.34. The second-order valence-corrected chi connectivity index (χ2v) is 4.17. The lowest BCUT2D eigenvalue weighted by Gasteiger charge is -2.14. The first kappa shape index (κ1) is 12.8. The lowest BCUT2D eigenvalue weighted by Crippen LogP contribution is -2.20. The van der Waals surface area contributed by atoms with Crippen LogP contribution in [0.4, 0.5) is 0 Å². The van der Waals surface area contributed by atoms with E-state index >= 15 is 0 Å². The number of amides is 2. The number of aromatic nitrogens is 2. The van der Waals surface area contributed by atoms with E-state index in [0.717, 1.165) is 5.56 Å². The Morgan fingerprint density at radius 2 is 1.79 bits per heavy atom. The van der Waals surface area contributed by atoms with Gasteiger partial charge in [-0.1, -0.05) is 30.3 Å². The van der Waals surface area contributed by atoms with Crippen LogP contribution in [-0.2, 0) is 0 Å². The van der Waals surface area contributed by atoms with Gasteiger partial charge in [-0.15, -0.1) is 0 Å². The van der Waals surface area contributed by atoms with Gasteiger partial charge in [0.15, 0.2) is 5.69 Å². The smallest absolute Gasteiger partial charge is 0.269 e. The Morgan fingerprint density at radius 3 is 2.32 bits per heavy atom. The zero-order chi connectivity index (χ0) is 14.0. The highest BCUT2D eigenvalue weighted by Gasteiger charge is 2.20. The third-order valence-electron chi connectivity index (χ3n) is 2.89. The summed E-state index contributed by atoms with van der Waals surface area (Å²) in [6.07, 6.45) is 0. The number of hydrogen-bond acceptors (Lipinski definition) is 3. The lowest BCUT2D eigenvalue weighted by molar-refractivity contribution is 0.0982. The van der Waals surface area contributed by atoms with Gasteiger partial charge < -0.3 is 11.5 Å². The summed E-state index contributed by atoms with van der Waals surface area (Å²) in [5.41, 5.74) is 11.6. The summed E-state index contributed by atoms with van der Waals surface area (Å²) >= 11 is 0. The Balaban J connectivity index is 2.49. The minimum Gasteiger partial charge on any atom is -0.364 e. The summed E-state index contributed by atoms with van der Waals surface area (Å²) in [6, 6.07) is 10.6. The fourth-order valence-electron chi connectivity index (χ4n) is 1.87. The maximum absolute atomic E-state index is 11.4. The number of primary amides is 2. The lowest BCUT2D eigenvalue weighted by atomic mass is 10.1. The molecule has 2 amide bonds. The number of benzene rings is 1. The Bertz CT molecular complexity index is 619. The summed E-state index contributed by atoms with van der Waals surface area (Å²) in [7, 11) is 0. The van der Waals surface area contributed by atoms with Gasteiger partial charge in [0.1, 0.15) is 5.69 Å². The summed E-state index contributed by atoms with van der Waals surface area (Å²) in [4.78, 5) is 22.5. The van der Waals surface area contributed by atoms with Crippen LogP contribution in [0.25, 0.3) is 0 Å². The fourth-order valence-corrected chi connectivity index (χ4v) is 1.87. The number of hydrogen-bond donors (Lipinski definition) is 2. The minimum absolute atomic E-state index is 0.0246. The van der Waals surface area contributed by atoms with Crippen LogP contribution in [0.15, 0.2) is 36.4 Å². The van der Waals surface area contributed by atoms with Crippen molar-refractivity contribution in [3.8, 4) is 0 Å². The van der Waals surface area contributed by atoms with E-state index in [1.54, 1.807) is 0 Å². The van der Waals surface area contributed by atoms with Gasteiger partial charge in [0.2, 0.25) is 0 Å². The quantitative estimate of drug-likeness (QED) is 0.842. The van der Waals surface area contributed by atoms with Crippen molar-refractivity contribution in [2.45, 2.75) is 13.0 Å². The molecule has 0 aliphatic rings. The molecule has 6 heteroatoms. The Labute approximate surface area is 110 Å². The molecule has 4 N–H and O–H groups in total. The molecule has 1 heterocycles. The van der Waals surface area contributed by atoms with Gasteiger partial charge in [0.25, 0.3) is 11.8 Å². The van der Waals surface area contributed by atoms with Crippen molar-refractivity contribution >= 4 is 11.8 Å². The van der Waals surface area contributed by atoms with Crippen molar-refractivity contribution in [3.63, 3.8) is 0 Å². The van der Waals surface area contributed by atoms with Crippen molar-refractivity contribution in [2.24, 2.45) is 11.5 Å². The van der Waals surface area contributed by atoms with Crippen LogP contribution in [0.2, 0.25) is 0 Å². The third kappa shape index (κ3) is 2.47. The highest BCUT2D eigenvalue weighted by atomic mass is 16.2. The van der Waals surface area contributed by atoms with Crippen LogP contribution in [0.3, 0.4) is 0 Å². The van der Waals surface area contributed by atoms with Crippen LogP contribution in [0.1, 0.15) is 39.5 Å². The van der Waals surface area contributed by atoms with Crippen molar-refractivity contribution in [1.29, 1.82) is 0 Å². The molecule has 1 aromatic carbocycles. The first-order valence-electron chi connectivity index (χ1n) is 5.75. The molecule has 0 fully saturated rings. The SMILES string of the molecule is C[C@H](c1ccccc1)n1nc(C(N)=O)cc1C(N)=O. The monoisotopic (exact) mass is 258 g/mol. The van der Waals surface area contributed by atoms with Crippen LogP contribution in [-0.4, -0.2) is 21.6 Å². The molecule has 19 heavy (non-hydrogen) atoms. The maximum Gasteiger partial charge on any atom is 0.269 e. The molecule has 0 aliphatic heterocycles. The average molecular weight is 258 g/mol. The third-order valence-corrected chi connectivity index (χ3v) is 2.89. The highest BCUT2D eigenvalue weighted by Crippen LogP contribution is 2.19. The Morgan fingerprint density at radius 1 is 1.16 bits per heavy atom. The molecule has 2 rings (SSSR count). The van der Waals surface area contributed by atoms with Gasteiger partial charge in [-0.2, -0.15) is 5.10 Å². The molecular weight excluding hydrogens is 244 g/mol. The topological polar surface area (TPSA) is 104 Å². The number of carbonyl (C=O) groups excluding carboxylic acids is 2. The van der Waals surface area contributed by atoms with E-state index < -0.39 is 11.8 Å². The molecule has 0 saturated carbocycles. The summed E-state index contributed by atoms with van der Waals surface area (Å²) in [5, 5.41) is 4.05. The van der Waals surface area contributed by atoms with Crippen LogP contribution in [0.5, 0.6) is 0 Å². The zero-order valence-electron chi connectivity index (χ0n) is 10.4. The molecule has 1 atom stereocenters. The van der Waals surface area contributed by atoms with E-state index in [1.165, 1.54) is 10.7 Å². The molecule has 0 radical (unpaired) electrons. The number of nitrogens with two attached hydrogens (primary N) is 2. The van der Waals surface area contributed by atoms with E-state index in [2.05, 4.69) is 5.10 Å². The molecule has 0 aliphatic carbocycles. The molecule has 0 bridgehead atoms. The number of nitrogens with zero attached hydrogens (tertiary/aromatic N) is 2. The molecule has 1 aromatic heterocycles. The number of rotatable bonds is 4. The minimum atomic E-state index is -0.693. The first-order chi connectivity index (χ1) is 9.00. The van der Waals surface area contributed by atoms with E-state index in [9.17, 15) is 9.59 Å². The molecule has 0 spiro atoms. The van der Waals surface area contributed by atoms with Gasteiger partial charge in [0.05, 0.1) is 6.04 Å². The van der Waals surface area contributed by atoms with Crippen LogP contribution < -0.4 is 11.5 Å². The van der Waals surface area contributed by atoms with Gasteiger partial charge in [-0.3, -0.25) is 14.3 Å². The average Bonchev–Trinajstić information content (AvgIpc) is 2.84. The molecule has 6 nitrogen and oxygen atoms in total. The van der Waals surface area contributed by atoms with Gasteiger partial charge in [-0.25, -0.2) is 0 Å². The van der Waals surface area contributed by atoms with Crippen LogP contribution in [0, 0.1) is 0 Å². The van der Waals surface area contributed by atoms with Crippen molar-refractivity contribution in [2.75, 3.05) is 0 Å². The van der Waals surface area contributed by atoms with Gasteiger partial charge in [-0.05, 0) is 12.5 Å². The predicted octanol–water partition coefficient (Wildman–Crippen LogP) is 0.690. The standard InChI is InChI=1S/C13H14N4O2/c1-8(9-5-3-2-4-6-9)17-11(13(15)19)7-10(16-17)12(14)18/h2-8H,1H3,(H2,14,18)(H2,15,19)/t8-/m1/s1. The summed E-state index contributed by atoms with van der Waals surface area (Å²) in [6.45, 7) is 1.86. The largest absolute Gasteiger partial charge is 0.364 e. The maximum atomic E-state index is 11.4. The molecule has 0 saturated heterocycles. The van der Waals surface area contributed by atoms with Crippen molar-refractivity contribution < 1.29 is 9.59 Å². The van der Waals surface area contributed by atoms with E-state index in [1.807, 2.05) is 37.3 Å². The van der Waals surface area contributed by atoms with E-state index in [4.69, 9.17) is 11.5 Å². The fraction of sp³-hybridized carbons (Fsp3) is 0.154. The van der Waals surface area contributed by atoms with Gasteiger partial charge in [0, 0.05) is 6.07 Å². The highest BCUT2D eigenvalue weighted by molar-refractivity contribution is 5.96. The van der Waals surface area contributed by atoms with Gasteiger partial charge >= 0.3 is 0 Å². The van der Waals surface area contributed by atoms with E-state index in [-0.39, 0.29) is 17.4 Å². The Kier molecular flexibility index (Phi) is 3.33. The second kappa shape index (κ2) is 4.93. The number of carbonyl (C=O) groups is 2. The zero-order valence-corrected chi connectivity index (χ0v) is 10.4. The molecule has 98 valence electrons. The molecule has 0 unspecified atom stereocenters. The second-order valence-electron chi connectivity index (χ2n) is 4.17. The summed E-state index contributed by atoms with van der Waals surface area (Å²) < 4.78 is 1.41. The van der Waals surface area contributed by atoms with Crippen molar-refractivity contribution in [1.82, 2.24) is 9.78 Å². The normalized spacial score (nSPS) is 12.1. The molecular formula is C13H14N4O2. The van der Waals surface area contributed by atoms with Crippen molar-refractivity contribution in [3.05, 3.63) is 53.3 Å². The molecule has 2 aromatic rings. The predicted molar refractivity (Wildman–Crippen MR) is 69.5 cm³/mol. The van der Waals surface area contributed by atoms with Crippen LogP contribution >= 0.6 is 0 Å². The van der Waals surface area contributed by atoms with E-state index in [0.29, 0.717) is 0 Å². The Hall–Kier alpha value is -2.63. The first-order valence-corrected chi connectivity index (χ1v) is 5.75.